The summed E-state index contributed by atoms with van der Waals surface area (Å²) in [6, 6.07) is 0. The summed E-state index contributed by atoms with van der Waals surface area (Å²) < 4.78 is 0. The Kier molecular flexibility index (Phi) is 2.62. The smallest absolute Gasteiger partial charge is 0.242 e. The van der Waals surface area contributed by atoms with Gasteiger partial charge >= 0.3 is 5.95 Å². The molecule has 0 unspecified atom stereocenters. The first-order valence-corrected chi connectivity index (χ1v) is 3.31. The highest BCUT2D eigenvalue weighted by Gasteiger charge is 2.14. The Bertz CT molecular complexity index is 172. The molecule has 1 aliphatic heterocycles. The molecule has 1 fully saturated rings. The maximum absolute atomic E-state index is 4.40. The molecule has 0 aromatic heterocycles. The summed E-state index contributed by atoms with van der Waals surface area (Å²) in [5.41, 5.74) is 0. The molecule has 1 aliphatic rings. The van der Waals surface area contributed by atoms with Gasteiger partial charge < -0.3 is 0 Å². The molecule has 10 heavy (non-hydrogen) atoms. The summed E-state index contributed by atoms with van der Waals surface area (Å²) in [7, 11) is 0. The van der Waals surface area contributed by atoms with E-state index in [1.807, 2.05) is 18.2 Å². The molecule has 0 aliphatic carbocycles. The zero-order valence-corrected chi connectivity index (χ0v) is 5.91. The summed E-state index contributed by atoms with van der Waals surface area (Å²) in [6.45, 7) is 2.09. The van der Waals surface area contributed by atoms with Gasteiger partial charge in [0.05, 0.1) is 0 Å². The molecule has 0 amide bonds. The van der Waals surface area contributed by atoms with E-state index in [2.05, 4.69) is 22.8 Å². The van der Waals surface area contributed by atoms with Crippen molar-refractivity contribution in [1.29, 1.82) is 0 Å². The van der Waals surface area contributed by atoms with Crippen molar-refractivity contribution in [2.45, 2.75) is 13.3 Å². The molecule has 54 valence electrons. The van der Waals surface area contributed by atoms with Gasteiger partial charge in [0.25, 0.3) is 0 Å². The van der Waals surface area contributed by atoms with Crippen LogP contribution in [0.5, 0.6) is 0 Å². The second-order valence-corrected chi connectivity index (χ2v) is 1.87. The van der Waals surface area contributed by atoms with Crippen molar-refractivity contribution in [2.75, 3.05) is 0 Å². The van der Waals surface area contributed by atoms with E-state index in [0.717, 1.165) is 6.42 Å². The van der Waals surface area contributed by atoms with E-state index in [1.54, 1.807) is 6.08 Å². The van der Waals surface area contributed by atoms with Gasteiger partial charge in [-0.25, -0.2) is 9.78 Å². The van der Waals surface area contributed by atoms with Crippen LogP contribution in [0, 0.1) is 0 Å². The molecule has 0 atom stereocenters. The van der Waals surface area contributed by atoms with E-state index >= 15 is 0 Å². The molecule has 0 radical (unpaired) electrons. The molecular formula is C8H10O2. The number of hydrogen-bond donors (Lipinski definition) is 0. The molecule has 2 nitrogen and oxygen atoms in total. The van der Waals surface area contributed by atoms with E-state index in [9.17, 15) is 0 Å². The van der Waals surface area contributed by atoms with E-state index in [1.165, 1.54) is 0 Å². The predicted molar refractivity (Wildman–Crippen MR) is 38.8 cm³/mol. The first-order chi connectivity index (χ1) is 4.93. The normalized spacial score (nSPS) is 15.5. The van der Waals surface area contributed by atoms with Crippen LogP contribution >= 0.6 is 0 Å². The lowest BCUT2D eigenvalue weighted by atomic mass is 10.4. The van der Waals surface area contributed by atoms with Gasteiger partial charge in [-0.15, -0.1) is 0 Å². The monoisotopic (exact) mass is 138 g/mol. The molecule has 2 heteroatoms. The molecule has 0 spiro atoms. The van der Waals surface area contributed by atoms with Gasteiger partial charge in [-0.2, -0.15) is 0 Å². The largest absolute Gasteiger partial charge is 0.379 e. The van der Waals surface area contributed by atoms with E-state index < -0.39 is 0 Å². The topological polar surface area (TPSA) is 25.1 Å². The van der Waals surface area contributed by atoms with Crippen LogP contribution in [-0.4, -0.2) is 0 Å². The van der Waals surface area contributed by atoms with Crippen LogP contribution in [0.3, 0.4) is 0 Å². The van der Waals surface area contributed by atoms with Crippen molar-refractivity contribution in [3.63, 3.8) is 0 Å². The van der Waals surface area contributed by atoms with Gasteiger partial charge in [0.1, 0.15) is 0 Å². The van der Waals surface area contributed by atoms with Crippen molar-refractivity contribution in [3.05, 3.63) is 36.3 Å². The Hall–Kier alpha value is -1.18. The van der Waals surface area contributed by atoms with Crippen molar-refractivity contribution in [1.82, 2.24) is 0 Å². The Morgan fingerprint density at radius 1 is 1.20 bits per heavy atom. The number of hydrogen-bond acceptors (Lipinski definition) is 2. The van der Waals surface area contributed by atoms with Crippen LogP contribution in [0.4, 0.5) is 0 Å². The SMILES string of the molecule is CC/C=C/C=C/C=C1OO1. The molecule has 0 aromatic rings. The van der Waals surface area contributed by atoms with Crippen molar-refractivity contribution in [3.8, 4) is 0 Å². The van der Waals surface area contributed by atoms with Crippen molar-refractivity contribution >= 4 is 0 Å². The van der Waals surface area contributed by atoms with Crippen LogP contribution < -0.4 is 0 Å². The standard InChI is InChI=1S/C8H10O2/c1-2-3-4-5-6-7-8-9-10-8/h3-7H,2H2,1H3/b4-3+,6-5+. The average molecular weight is 138 g/mol. The van der Waals surface area contributed by atoms with Gasteiger partial charge in [0.2, 0.25) is 0 Å². The van der Waals surface area contributed by atoms with Crippen LogP contribution in [0.2, 0.25) is 0 Å². The molecule has 0 N–H and O–H groups in total. The quantitative estimate of drug-likeness (QED) is 0.339. The summed E-state index contributed by atoms with van der Waals surface area (Å²) in [5, 5.41) is 0. The summed E-state index contributed by atoms with van der Waals surface area (Å²) in [4.78, 5) is 8.80. The maximum atomic E-state index is 4.40. The Labute approximate surface area is 60.4 Å². The molecule has 0 aromatic carbocycles. The van der Waals surface area contributed by atoms with Gasteiger partial charge in [-0.3, -0.25) is 0 Å². The van der Waals surface area contributed by atoms with Crippen LogP contribution in [0.15, 0.2) is 36.3 Å². The van der Waals surface area contributed by atoms with E-state index in [0.29, 0.717) is 5.95 Å². The Balaban J connectivity index is 2.16. The van der Waals surface area contributed by atoms with Crippen LogP contribution in [0.1, 0.15) is 13.3 Å². The predicted octanol–water partition coefficient (Wildman–Crippen LogP) is 2.31. The Morgan fingerprint density at radius 3 is 2.60 bits per heavy atom. The second-order valence-electron chi connectivity index (χ2n) is 1.87. The van der Waals surface area contributed by atoms with Gasteiger partial charge in [0, 0.05) is 6.08 Å². The first-order valence-electron chi connectivity index (χ1n) is 3.31. The van der Waals surface area contributed by atoms with Gasteiger partial charge in [0.15, 0.2) is 0 Å². The lowest BCUT2D eigenvalue weighted by Crippen LogP contribution is -1.52. The minimum Gasteiger partial charge on any atom is -0.242 e. The molecule has 1 heterocycles. The van der Waals surface area contributed by atoms with Crippen molar-refractivity contribution < 1.29 is 9.78 Å². The molecule has 1 saturated heterocycles. The number of rotatable bonds is 3. The van der Waals surface area contributed by atoms with Crippen molar-refractivity contribution in [2.24, 2.45) is 0 Å². The van der Waals surface area contributed by atoms with E-state index in [-0.39, 0.29) is 0 Å². The fourth-order valence-corrected chi connectivity index (χ4v) is 0.493. The zero-order valence-electron chi connectivity index (χ0n) is 5.91. The third kappa shape index (κ3) is 2.97. The fraction of sp³-hybridized carbons (Fsp3) is 0.250. The molecular weight excluding hydrogens is 128 g/mol. The lowest BCUT2D eigenvalue weighted by molar-refractivity contribution is 0.0850. The summed E-state index contributed by atoms with van der Waals surface area (Å²) in [5.74, 6) is 0.584. The van der Waals surface area contributed by atoms with Crippen LogP contribution in [0.25, 0.3) is 0 Å². The highest BCUT2D eigenvalue weighted by molar-refractivity contribution is 5.12. The molecule has 1 rings (SSSR count). The maximum Gasteiger partial charge on any atom is 0.379 e. The first kappa shape index (κ1) is 6.93. The van der Waals surface area contributed by atoms with Gasteiger partial charge in [-0.1, -0.05) is 31.2 Å². The van der Waals surface area contributed by atoms with Gasteiger partial charge in [-0.05, 0) is 6.42 Å². The lowest BCUT2D eigenvalue weighted by Gasteiger charge is -1.71. The van der Waals surface area contributed by atoms with E-state index in [4.69, 9.17) is 0 Å². The molecule has 0 saturated carbocycles. The second kappa shape index (κ2) is 3.77. The summed E-state index contributed by atoms with van der Waals surface area (Å²) in [6.07, 6.45) is 10.7. The summed E-state index contributed by atoms with van der Waals surface area (Å²) >= 11 is 0. The Morgan fingerprint density at radius 2 is 2.00 bits per heavy atom. The average Bonchev–Trinajstić information content (AvgIpc) is 2.71. The third-order valence-corrected chi connectivity index (χ3v) is 1.01. The highest BCUT2D eigenvalue weighted by atomic mass is 17.4. The highest BCUT2D eigenvalue weighted by Crippen LogP contribution is 2.16. The number of allylic oxidation sites excluding steroid dienone is 5. The minimum atomic E-state index is 0.584. The fourth-order valence-electron chi connectivity index (χ4n) is 0.493. The zero-order chi connectivity index (χ0) is 7.23. The minimum absolute atomic E-state index is 0.584. The van der Waals surface area contributed by atoms with Crippen LogP contribution in [-0.2, 0) is 9.78 Å². The molecule has 0 bridgehead atoms. The third-order valence-electron chi connectivity index (χ3n) is 1.01.